The Labute approximate surface area is 83.5 Å². The molecule has 0 bridgehead atoms. The number of aliphatic hydroxyl groups is 1. The number of rotatable bonds is 1. The standard InChI is InChI=1S/C9H17NO2S/c1-7(2)13-9(12)10-5-3-8(11)4-6-10/h7-8,11H,3-6H2,1-2H3. The number of likely N-dealkylation sites (tertiary alicyclic amines) is 1. The van der Waals surface area contributed by atoms with E-state index in [9.17, 15) is 9.90 Å². The molecule has 1 aliphatic rings. The molecule has 1 rings (SSSR count). The summed E-state index contributed by atoms with van der Waals surface area (Å²) in [6, 6.07) is 0. The van der Waals surface area contributed by atoms with Crippen molar-refractivity contribution in [2.75, 3.05) is 13.1 Å². The van der Waals surface area contributed by atoms with Crippen molar-refractivity contribution in [1.29, 1.82) is 0 Å². The molecule has 0 aromatic heterocycles. The summed E-state index contributed by atoms with van der Waals surface area (Å²) in [6.45, 7) is 5.45. The first-order chi connectivity index (χ1) is 6.09. The van der Waals surface area contributed by atoms with Crippen LogP contribution in [0.1, 0.15) is 26.7 Å². The van der Waals surface area contributed by atoms with Crippen LogP contribution in [-0.4, -0.2) is 39.7 Å². The lowest BCUT2D eigenvalue weighted by molar-refractivity contribution is 0.1000. The van der Waals surface area contributed by atoms with Crippen molar-refractivity contribution in [2.24, 2.45) is 0 Å². The third-order valence-electron chi connectivity index (χ3n) is 2.06. The molecule has 0 aromatic carbocycles. The Morgan fingerprint density at radius 3 is 2.46 bits per heavy atom. The highest BCUT2D eigenvalue weighted by molar-refractivity contribution is 8.14. The molecule has 1 heterocycles. The van der Waals surface area contributed by atoms with Gasteiger partial charge in [-0.3, -0.25) is 4.79 Å². The van der Waals surface area contributed by atoms with Gasteiger partial charge in [-0.15, -0.1) is 0 Å². The predicted octanol–water partition coefficient (Wildman–Crippen LogP) is 1.70. The number of nitrogens with zero attached hydrogens (tertiary/aromatic N) is 1. The Kier molecular flexibility index (Phi) is 4.06. The van der Waals surface area contributed by atoms with Crippen LogP contribution in [0.25, 0.3) is 0 Å². The first-order valence-corrected chi connectivity index (χ1v) is 5.61. The Morgan fingerprint density at radius 1 is 1.46 bits per heavy atom. The van der Waals surface area contributed by atoms with Gasteiger partial charge in [0.05, 0.1) is 6.10 Å². The van der Waals surface area contributed by atoms with Gasteiger partial charge in [-0.25, -0.2) is 0 Å². The Morgan fingerprint density at radius 2 is 2.00 bits per heavy atom. The maximum atomic E-state index is 11.5. The average molecular weight is 203 g/mol. The van der Waals surface area contributed by atoms with E-state index < -0.39 is 0 Å². The molecule has 0 radical (unpaired) electrons. The summed E-state index contributed by atoms with van der Waals surface area (Å²) in [4.78, 5) is 13.4. The summed E-state index contributed by atoms with van der Waals surface area (Å²) in [5.74, 6) is 0. The van der Waals surface area contributed by atoms with Crippen molar-refractivity contribution in [3.63, 3.8) is 0 Å². The predicted molar refractivity (Wildman–Crippen MR) is 54.9 cm³/mol. The van der Waals surface area contributed by atoms with E-state index in [0.29, 0.717) is 18.3 Å². The molecule has 13 heavy (non-hydrogen) atoms. The fourth-order valence-corrected chi connectivity index (χ4v) is 2.06. The average Bonchev–Trinajstić information content (AvgIpc) is 2.04. The number of carbonyl (C=O) groups excluding carboxylic acids is 1. The third-order valence-corrected chi connectivity index (χ3v) is 2.99. The fourth-order valence-electron chi connectivity index (χ4n) is 1.32. The number of aliphatic hydroxyl groups excluding tert-OH is 1. The zero-order valence-corrected chi connectivity index (χ0v) is 9.01. The number of hydrogen-bond acceptors (Lipinski definition) is 3. The van der Waals surface area contributed by atoms with E-state index in [1.807, 2.05) is 18.7 Å². The van der Waals surface area contributed by atoms with E-state index in [1.54, 1.807) is 0 Å². The van der Waals surface area contributed by atoms with E-state index in [1.165, 1.54) is 11.8 Å². The normalized spacial score (nSPS) is 19.5. The molecule has 0 atom stereocenters. The Balaban J connectivity index is 2.31. The zero-order chi connectivity index (χ0) is 9.84. The number of carbonyl (C=O) groups is 1. The summed E-state index contributed by atoms with van der Waals surface area (Å²) >= 11 is 1.37. The topological polar surface area (TPSA) is 40.5 Å². The maximum absolute atomic E-state index is 11.5. The summed E-state index contributed by atoms with van der Waals surface area (Å²) in [5, 5.41) is 9.75. The van der Waals surface area contributed by atoms with E-state index in [2.05, 4.69) is 0 Å². The van der Waals surface area contributed by atoms with Crippen LogP contribution in [0, 0.1) is 0 Å². The molecule has 0 unspecified atom stereocenters. The van der Waals surface area contributed by atoms with Crippen LogP contribution in [0.3, 0.4) is 0 Å². The minimum Gasteiger partial charge on any atom is -0.393 e. The summed E-state index contributed by atoms with van der Waals surface area (Å²) in [7, 11) is 0. The molecule has 3 nitrogen and oxygen atoms in total. The van der Waals surface area contributed by atoms with E-state index in [4.69, 9.17) is 0 Å². The molecule has 1 N–H and O–H groups in total. The molecule has 0 aliphatic carbocycles. The molecule has 4 heteroatoms. The van der Waals surface area contributed by atoms with Gasteiger partial charge in [-0.1, -0.05) is 25.6 Å². The van der Waals surface area contributed by atoms with Gasteiger partial charge < -0.3 is 10.0 Å². The van der Waals surface area contributed by atoms with E-state index in [-0.39, 0.29) is 11.3 Å². The Bertz CT molecular complexity index is 176. The minimum absolute atomic E-state index is 0.155. The number of amides is 1. The van der Waals surface area contributed by atoms with Gasteiger partial charge in [0, 0.05) is 18.3 Å². The largest absolute Gasteiger partial charge is 0.393 e. The van der Waals surface area contributed by atoms with Crippen LogP contribution in [0.2, 0.25) is 0 Å². The molecule has 76 valence electrons. The first-order valence-electron chi connectivity index (χ1n) is 4.73. The van der Waals surface area contributed by atoms with Crippen molar-refractivity contribution in [3.05, 3.63) is 0 Å². The SMILES string of the molecule is CC(C)SC(=O)N1CCC(O)CC1. The van der Waals surface area contributed by atoms with Crippen LogP contribution in [0.15, 0.2) is 0 Å². The van der Waals surface area contributed by atoms with Gasteiger partial charge in [-0.2, -0.15) is 0 Å². The molecule has 1 saturated heterocycles. The second-order valence-corrected chi connectivity index (χ2v) is 5.18. The third kappa shape index (κ3) is 3.56. The number of hydrogen-bond donors (Lipinski definition) is 1. The van der Waals surface area contributed by atoms with Crippen LogP contribution < -0.4 is 0 Å². The molecular formula is C9H17NO2S. The molecule has 0 spiro atoms. The second-order valence-electron chi connectivity index (χ2n) is 3.65. The van der Waals surface area contributed by atoms with Gasteiger partial charge in [0.25, 0.3) is 5.24 Å². The highest BCUT2D eigenvalue weighted by Crippen LogP contribution is 2.19. The van der Waals surface area contributed by atoms with Gasteiger partial charge in [0.15, 0.2) is 0 Å². The molecule has 0 aromatic rings. The second kappa shape index (κ2) is 4.86. The highest BCUT2D eigenvalue weighted by atomic mass is 32.2. The minimum atomic E-state index is -0.201. The fraction of sp³-hybridized carbons (Fsp3) is 0.889. The number of thioether (sulfide) groups is 1. The zero-order valence-electron chi connectivity index (χ0n) is 8.19. The molecule has 1 amide bonds. The summed E-state index contributed by atoms with van der Waals surface area (Å²) in [6.07, 6.45) is 1.25. The lowest BCUT2D eigenvalue weighted by atomic mass is 10.1. The van der Waals surface area contributed by atoms with Crippen molar-refractivity contribution in [1.82, 2.24) is 4.90 Å². The lowest BCUT2D eigenvalue weighted by Gasteiger charge is -2.29. The van der Waals surface area contributed by atoms with Crippen LogP contribution in [0.4, 0.5) is 4.79 Å². The molecule has 1 aliphatic heterocycles. The van der Waals surface area contributed by atoms with Gasteiger partial charge in [0.1, 0.15) is 0 Å². The molecule has 1 fully saturated rings. The van der Waals surface area contributed by atoms with Crippen LogP contribution >= 0.6 is 11.8 Å². The van der Waals surface area contributed by atoms with Crippen LogP contribution in [0.5, 0.6) is 0 Å². The van der Waals surface area contributed by atoms with Crippen LogP contribution in [-0.2, 0) is 0 Å². The molecule has 0 saturated carbocycles. The van der Waals surface area contributed by atoms with E-state index in [0.717, 1.165) is 12.8 Å². The first kappa shape index (κ1) is 10.9. The molecular weight excluding hydrogens is 186 g/mol. The highest BCUT2D eigenvalue weighted by Gasteiger charge is 2.21. The lowest BCUT2D eigenvalue weighted by Crippen LogP contribution is -2.38. The van der Waals surface area contributed by atoms with Crippen molar-refractivity contribution in [3.8, 4) is 0 Å². The Hall–Kier alpha value is -0.220. The summed E-state index contributed by atoms with van der Waals surface area (Å²) < 4.78 is 0. The van der Waals surface area contributed by atoms with Crippen molar-refractivity contribution < 1.29 is 9.90 Å². The van der Waals surface area contributed by atoms with Gasteiger partial charge in [-0.05, 0) is 12.8 Å². The van der Waals surface area contributed by atoms with E-state index >= 15 is 0 Å². The summed E-state index contributed by atoms with van der Waals surface area (Å²) in [5.41, 5.74) is 0. The van der Waals surface area contributed by atoms with Crippen molar-refractivity contribution >= 4 is 17.0 Å². The smallest absolute Gasteiger partial charge is 0.281 e. The monoisotopic (exact) mass is 203 g/mol. The van der Waals surface area contributed by atoms with Gasteiger partial charge >= 0.3 is 0 Å². The van der Waals surface area contributed by atoms with Crippen molar-refractivity contribution in [2.45, 2.75) is 38.0 Å². The quantitative estimate of drug-likeness (QED) is 0.705. The number of piperidine rings is 1. The maximum Gasteiger partial charge on any atom is 0.281 e. The van der Waals surface area contributed by atoms with Gasteiger partial charge in [0.2, 0.25) is 0 Å².